The molecule has 2 aliphatic rings. The van der Waals surface area contributed by atoms with E-state index >= 15 is 0 Å². The molecule has 30 heavy (non-hydrogen) atoms. The number of ether oxygens (including phenoxy) is 1. The van der Waals surface area contributed by atoms with Gasteiger partial charge in [-0.3, -0.25) is 9.69 Å². The highest BCUT2D eigenvalue weighted by Gasteiger charge is 2.33. The molecule has 1 atom stereocenters. The summed E-state index contributed by atoms with van der Waals surface area (Å²) in [6.45, 7) is 3.38. The number of amides is 2. The monoisotopic (exact) mass is 417 g/mol. The lowest BCUT2D eigenvalue weighted by Gasteiger charge is -2.33. The van der Waals surface area contributed by atoms with Gasteiger partial charge in [0.15, 0.2) is 0 Å². The Labute approximate surface area is 172 Å². The average molecular weight is 417 g/mol. The number of carbonyl (C=O) groups excluding carboxylic acids is 2. The molecule has 11 heteroatoms. The topological polar surface area (TPSA) is 116 Å². The molecule has 2 aliphatic heterocycles. The van der Waals surface area contributed by atoms with E-state index in [0.717, 1.165) is 38.2 Å². The minimum atomic E-state index is -0.541. The van der Waals surface area contributed by atoms with E-state index in [1.54, 1.807) is 12.1 Å². The number of halogens is 1. The molecule has 0 spiro atoms. The molecule has 2 amide bonds. The number of nitrogens with one attached hydrogen (secondary N) is 2. The van der Waals surface area contributed by atoms with Gasteiger partial charge >= 0.3 is 6.09 Å². The number of H-pyrrole nitrogens is 1. The molecule has 10 nitrogen and oxygen atoms in total. The predicted molar refractivity (Wildman–Crippen MR) is 106 cm³/mol. The number of aromatic amines is 1. The minimum Gasteiger partial charge on any atom is -0.442 e. The first-order valence-electron chi connectivity index (χ1n) is 9.99. The Hall–Kier alpha value is -3.24. The van der Waals surface area contributed by atoms with E-state index in [-0.39, 0.29) is 24.8 Å². The van der Waals surface area contributed by atoms with E-state index in [1.165, 1.54) is 17.9 Å². The number of hydrogen-bond acceptors (Lipinski definition) is 7. The number of carbonyl (C=O) groups is 2. The summed E-state index contributed by atoms with van der Waals surface area (Å²) in [7, 11) is 0. The second-order valence-electron chi connectivity index (χ2n) is 7.67. The van der Waals surface area contributed by atoms with Crippen molar-refractivity contribution in [2.45, 2.75) is 32.3 Å². The van der Waals surface area contributed by atoms with E-state index in [9.17, 15) is 14.0 Å². The maximum atomic E-state index is 14.9. The molecule has 2 fully saturated rings. The summed E-state index contributed by atoms with van der Waals surface area (Å²) >= 11 is 0. The maximum absolute atomic E-state index is 14.9. The number of anilines is 2. The Morgan fingerprint density at radius 2 is 2.17 bits per heavy atom. The SMILES string of the molecule is CC(=O)NCC1CN(c2ccc(N3CCC(Cc4nnn[nH]4)CC3)c(F)c2)C(=O)O1. The molecule has 0 saturated carbocycles. The third kappa shape index (κ3) is 4.50. The molecule has 1 aromatic carbocycles. The Balaban J connectivity index is 1.35. The molecule has 0 aliphatic carbocycles. The van der Waals surface area contributed by atoms with Crippen LogP contribution in [0.25, 0.3) is 0 Å². The number of rotatable bonds is 6. The van der Waals surface area contributed by atoms with Crippen LogP contribution in [0.15, 0.2) is 18.2 Å². The van der Waals surface area contributed by atoms with Crippen molar-refractivity contribution in [3.8, 4) is 0 Å². The molecular weight excluding hydrogens is 393 g/mol. The standard InChI is InChI=1S/C19H24FN7O3/c1-12(28)21-10-15-11-27(19(29)30-15)14-2-3-17(16(20)9-14)26-6-4-13(5-7-26)8-18-22-24-25-23-18/h2-3,9,13,15H,4-8,10-11H2,1H3,(H,21,28)(H,22,23,24,25). The fraction of sp³-hybridized carbons (Fsp3) is 0.526. The Morgan fingerprint density at radius 1 is 1.37 bits per heavy atom. The van der Waals surface area contributed by atoms with Crippen molar-refractivity contribution >= 4 is 23.4 Å². The molecule has 3 heterocycles. The molecule has 2 N–H and O–H groups in total. The quantitative estimate of drug-likeness (QED) is 0.727. The molecule has 2 aromatic rings. The lowest BCUT2D eigenvalue weighted by Crippen LogP contribution is -2.35. The first kappa shape index (κ1) is 20.0. The molecule has 0 radical (unpaired) electrons. The van der Waals surface area contributed by atoms with Crippen LogP contribution in [-0.4, -0.2) is 64.9 Å². The third-order valence-corrected chi connectivity index (χ3v) is 5.52. The number of hydrogen-bond donors (Lipinski definition) is 2. The zero-order chi connectivity index (χ0) is 21.1. The van der Waals surface area contributed by atoms with Gasteiger partial charge in [0.1, 0.15) is 17.7 Å². The number of nitrogens with zero attached hydrogens (tertiary/aromatic N) is 5. The second-order valence-corrected chi connectivity index (χ2v) is 7.67. The fourth-order valence-corrected chi connectivity index (χ4v) is 3.93. The van der Waals surface area contributed by atoms with Gasteiger partial charge in [0, 0.05) is 26.4 Å². The van der Waals surface area contributed by atoms with Crippen LogP contribution < -0.4 is 15.1 Å². The molecule has 1 aromatic heterocycles. The molecule has 4 rings (SSSR count). The van der Waals surface area contributed by atoms with Crippen LogP contribution >= 0.6 is 0 Å². The van der Waals surface area contributed by atoms with Gasteiger partial charge in [0.2, 0.25) is 5.91 Å². The van der Waals surface area contributed by atoms with Gasteiger partial charge in [0.25, 0.3) is 0 Å². The van der Waals surface area contributed by atoms with Crippen LogP contribution in [-0.2, 0) is 16.0 Å². The lowest BCUT2D eigenvalue weighted by molar-refractivity contribution is -0.119. The Bertz CT molecular complexity index is 900. The van der Waals surface area contributed by atoms with Gasteiger partial charge in [-0.05, 0) is 47.4 Å². The summed E-state index contributed by atoms with van der Waals surface area (Å²) in [5.41, 5.74) is 0.972. The van der Waals surface area contributed by atoms with Crippen LogP contribution in [0.2, 0.25) is 0 Å². The third-order valence-electron chi connectivity index (χ3n) is 5.52. The predicted octanol–water partition coefficient (Wildman–Crippen LogP) is 1.26. The van der Waals surface area contributed by atoms with Crippen molar-refractivity contribution < 1.29 is 18.7 Å². The van der Waals surface area contributed by atoms with Crippen molar-refractivity contribution in [2.75, 3.05) is 36.0 Å². The van der Waals surface area contributed by atoms with Gasteiger partial charge in [0.05, 0.1) is 24.5 Å². The van der Waals surface area contributed by atoms with E-state index in [0.29, 0.717) is 17.3 Å². The highest BCUT2D eigenvalue weighted by atomic mass is 19.1. The average Bonchev–Trinajstić information content (AvgIpc) is 3.36. The first-order valence-corrected chi connectivity index (χ1v) is 9.99. The number of cyclic esters (lactones) is 1. The van der Waals surface area contributed by atoms with Crippen LogP contribution in [0, 0.1) is 11.7 Å². The van der Waals surface area contributed by atoms with Gasteiger partial charge in [-0.2, -0.15) is 0 Å². The van der Waals surface area contributed by atoms with Gasteiger partial charge < -0.3 is 15.0 Å². The van der Waals surface area contributed by atoms with Gasteiger partial charge in [-0.15, -0.1) is 5.10 Å². The number of piperidine rings is 1. The van der Waals surface area contributed by atoms with Crippen molar-refractivity contribution in [1.82, 2.24) is 25.9 Å². The van der Waals surface area contributed by atoms with Crippen LogP contribution in [0.1, 0.15) is 25.6 Å². The first-order chi connectivity index (χ1) is 14.5. The Morgan fingerprint density at radius 3 is 2.83 bits per heavy atom. The molecule has 0 bridgehead atoms. The van der Waals surface area contributed by atoms with Crippen LogP contribution in [0.4, 0.5) is 20.6 Å². The fourth-order valence-electron chi connectivity index (χ4n) is 3.93. The summed E-state index contributed by atoms with van der Waals surface area (Å²) in [6.07, 6.45) is 1.64. The van der Waals surface area contributed by atoms with Crippen LogP contribution in [0.3, 0.4) is 0 Å². The smallest absolute Gasteiger partial charge is 0.414 e. The lowest BCUT2D eigenvalue weighted by atomic mass is 9.93. The summed E-state index contributed by atoms with van der Waals surface area (Å²) < 4.78 is 20.1. The molecule has 160 valence electrons. The number of tetrazole rings is 1. The number of aromatic nitrogens is 4. The largest absolute Gasteiger partial charge is 0.442 e. The van der Waals surface area contributed by atoms with Gasteiger partial charge in [-0.1, -0.05) is 0 Å². The van der Waals surface area contributed by atoms with E-state index in [4.69, 9.17) is 4.74 Å². The highest BCUT2D eigenvalue weighted by molar-refractivity contribution is 5.90. The highest BCUT2D eigenvalue weighted by Crippen LogP contribution is 2.31. The van der Waals surface area contributed by atoms with E-state index in [1.807, 2.05) is 4.90 Å². The summed E-state index contributed by atoms with van der Waals surface area (Å²) in [5.74, 6) is 0.668. The van der Waals surface area contributed by atoms with Crippen molar-refractivity contribution in [3.05, 3.63) is 29.8 Å². The summed E-state index contributed by atoms with van der Waals surface area (Å²) in [5, 5.41) is 16.5. The maximum Gasteiger partial charge on any atom is 0.414 e. The summed E-state index contributed by atoms with van der Waals surface area (Å²) in [4.78, 5) is 26.6. The van der Waals surface area contributed by atoms with E-state index in [2.05, 4.69) is 25.9 Å². The van der Waals surface area contributed by atoms with Crippen LogP contribution in [0.5, 0.6) is 0 Å². The second kappa shape index (κ2) is 8.64. The molecule has 2 saturated heterocycles. The molecular formula is C19H24FN7O3. The Kier molecular flexibility index (Phi) is 5.77. The molecule has 1 unspecified atom stereocenters. The zero-order valence-corrected chi connectivity index (χ0v) is 16.7. The number of benzene rings is 1. The van der Waals surface area contributed by atoms with E-state index < -0.39 is 12.2 Å². The van der Waals surface area contributed by atoms with Gasteiger partial charge in [-0.25, -0.2) is 14.3 Å². The zero-order valence-electron chi connectivity index (χ0n) is 16.7. The van der Waals surface area contributed by atoms with Crippen molar-refractivity contribution in [1.29, 1.82) is 0 Å². The van der Waals surface area contributed by atoms with Crippen molar-refractivity contribution in [3.63, 3.8) is 0 Å². The normalized spacial score (nSPS) is 19.8. The van der Waals surface area contributed by atoms with Crippen molar-refractivity contribution in [2.24, 2.45) is 5.92 Å². The minimum absolute atomic E-state index is 0.193. The summed E-state index contributed by atoms with van der Waals surface area (Å²) in [6, 6.07) is 4.80.